The van der Waals surface area contributed by atoms with Crippen molar-refractivity contribution in [2.24, 2.45) is 5.92 Å². The van der Waals surface area contributed by atoms with Gasteiger partial charge in [0.05, 0.1) is 15.1 Å². The van der Waals surface area contributed by atoms with Crippen molar-refractivity contribution in [1.82, 2.24) is 5.32 Å². The lowest BCUT2D eigenvalue weighted by Gasteiger charge is -2.18. The molecule has 3 aromatic carbocycles. The fourth-order valence-electron chi connectivity index (χ4n) is 3.23. The first-order chi connectivity index (χ1) is 16.4. The normalized spacial score (nSPS) is 12.3. The maximum absolute atomic E-state index is 12.9. The predicted octanol–water partition coefficient (Wildman–Crippen LogP) is 5.95. The van der Waals surface area contributed by atoms with Gasteiger partial charge in [-0.25, -0.2) is 13.2 Å². The monoisotopic (exact) mass is 554 g/mol. The summed E-state index contributed by atoms with van der Waals surface area (Å²) in [5.74, 6) is -1.88. The van der Waals surface area contributed by atoms with Crippen LogP contribution >= 0.6 is 34.8 Å². The fourth-order valence-corrected chi connectivity index (χ4v) is 5.29. The van der Waals surface area contributed by atoms with Crippen molar-refractivity contribution < 1.29 is 23.1 Å². The van der Waals surface area contributed by atoms with E-state index in [1.807, 2.05) is 0 Å². The molecule has 3 aromatic rings. The third-order valence-corrected chi connectivity index (χ3v) is 7.65. The third kappa shape index (κ3) is 6.46. The number of benzene rings is 3. The van der Waals surface area contributed by atoms with E-state index < -0.39 is 27.9 Å². The highest BCUT2D eigenvalue weighted by atomic mass is 35.5. The van der Waals surface area contributed by atoms with Crippen LogP contribution < -0.4 is 10.0 Å². The zero-order valence-electron chi connectivity index (χ0n) is 18.6. The van der Waals surface area contributed by atoms with Crippen LogP contribution in [0.25, 0.3) is 11.1 Å². The van der Waals surface area contributed by atoms with Gasteiger partial charge in [0.2, 0.25) is 0 Å². The first-order valence-electron chi connectivity index (χ1n) is 10.3. The number of carboxylic acids is 1. The van der Waals surface area contributed by atoms with Crippen LogP contribution in [-0.4, -0.2) is 31.4 Å². The molecule has 35 heavy (non-hydrogen) atoms. The summed E-state index contributed by atoms with van der Waals surface area (Å²) in [6.07, 6.45) is 0. The lowest BCUT2D eigenvalue weighted by molar-refractivity contribution is -0.140. The van der Waals surface area contributed by atoms with Gasteiger partial charge in [0.25, 0.3) is 15.9 Å². The third-order valence-electron chi connectivity index (χ3n) is 5.08. The second kappa shape index (κ2) is 10.9. The van der Waals surface area contributed by atoms with Crippen molar-refractivity contribution >= 4 is 62.4 Å². The number of rotatable bonds is 8. The summed E-state index contributed by atoms with van der Waals surface area (Å²) in [5, 5.41) is 11.9. The molecule has 0 spiro atoms. The summed E-state index contributed by atoms with van der Waals surface area (Å²) in [5.41, 5.74) is 1.98. The minimum atomic E-state index is -4.05. The van der Waals surface area contributed by atoms with Crippen molar-refractivity contribution in [2.75, 3.05) is 4.72 Å². The number of aliphatic carboxylic acids is 1. The van der Waals surface area contributed by atoms with Gasteiger partial charge in [-0.05, 0) is 53.4 Å². The molecule has 3 rings (SSSR count). The fraction of sp³-hybridized carbons (Fsp3) is 0.167. The molecule has 0 saturated carbocycles. The number of anilines is 1. The van der Waals surface area contributed by atoms with Crippen LogP contribution in [0.4, 0.5) is 5.69 Å². The Kier molecular flexibility index (Phi) is 8.33. The van der Waals surface area contributed by atoms with E-state index in [1.165, 1.54) is 12.1 Å². The topological polar surface area (TPSA) is 113 Å². The molecule has 3 N–H and O–H groups in total. The Labute approximate surface area is 218 Å². The van der Waals surface area contributed by atoms with Gasteiger partial charge in [0, 0.05) is 11.3 Å². The molecule has 11 heteroatoms. The van der Waals surface area contributed by atoms with Gasteiger partial charge >= 0.3 is 5.97 Å². The molecule has 0 radical (unpaired) electrons. The van der Waals surface area contributed by atoms with E-state index >= 15 is 0 Å². The van der Waals surface area contributed by atoms with E-state index in [-0.39, 0.29) is 31.6 Å². The van der Waals surface area contributed by atoms with E-state index in [0.29, 0.717) is 16.7 Å². The molecule has 0 bridgehead atoms. The molecule has 184 valence electrons. The first-order valence-corrected chi connectivity index (χ1v) is 12.9. The largest absolute Gasteiger partial charge is 0.480 e. The highest BCUT2D eigenvalue weighted by Crippen LogP contribution is 2.33. The van der Waals surface area contributed by atoms with E-state index in [1.54, 1.807) is 62.4 Å². The molecule has 0 heterocycles. The summed E-state index contributed by atoms with van der Waals surface area (Å²) in [6, 6.07) is 14.6. The van der Waals surface area contributed by atoms with Gasteiger partial charge in [-0.3, -0.25) is 9.52 Å². The van der Waals surface area contributed by atoms with E-state index in [9.17, 15) is 23.1 Å². The summed E-state index contributed by atoms with van der Waals surface area (Å²) >= 11 is 17.9. The van der Waals surface area contributed by atoms with Crippen molar-refractivity contribution in [3.63, 3.8) is 0 Å². The van der Waals surface area contributed by atoms with Gasteiger partial charge < -0.3 is 10.4 Å². The Hall–Kier alpha value is -2.78. The number of hydrogen-bond donors (Lipinski definition) is 3. The van der Waals surface area contributed by atoms with Crippen LogP contribution in [0.3, 0.4) is 0 Å². The molecular weight excluding hydrogens is 535 g/mol. The minimum Gasteiger partial charge on any atom is -0.480 e. The Morgan fingerprint density at radius 3 is 2.09 bits per heavy atom. The molecular formula is C24H21Cl3N2O5S. The van der Waals surface area contributed by atoms with Crippen molar-refractivity contribution in [3.8, 4) is 11.1 Å². The van der Waals surface area contributed by atoms with Crippen LogP contribution in [0.5, 0.6) is 0 Å². The molecule has 0 aromatic heterocycles. The Balaban J connectivity index is 1.81. The smallest absolute Gasteiger partial charge is 0.326 e. The number of amides is 1. The van der Waals surface area contributed by atoms with Crippen molar-refractivity contribution in [1.29, 1.82) is 0 Å². The number of nitrogens with one attached hydrogen (secondary N) is 2. The predicted molar refractivity (Wildman–Crippen MR) is 138 cm³/mol. The number of carboxylic acid groups (broad SMARTS) is 1. The number of hydrogen-bond acceptors (Lipinski definition) is 4. The van der Waals surface area contributed by atoms with Gasteiger partial charge in [0.1, 0.15) is 10.9 Å². The standard InChI is InChI=1S/C24H21Cl3N2O5S/c1-13(2)22(24(31)32)28-23(30)15-8-6-14(7-9-15)16-4-3-5-17(10-16)29-35(33,34)21-12-19(26)18(25)11-20(21)27/h3-13,22,29H,1-2H3,(H,28,30)(H,31,32). The van der Waals surface area contributed by atoms with Crippen LogP contribution in [-0.2, 0) is 14.8 Å². The summed E-state index contributed by atoms with van der Waals surface area (Å²) in [4.78, 5) is 23.6. The molecule has 0 aliphatic rings. The molecule has 0 fully saturated rings. The van der Waals surface area contributed by atoms with Crippen LogP contribution in [0.1, 0.15) is 24.2 Å². The molecule has 0 saturated heterocycles. The van der Waals surface area contributed by atoms with Gasteiger partial charge in [-0.1, -0.05) is 72.9 Å². The number of halogens is 3. The first kappa shape index (κ1) is 26.8. The number of carbonyl (C=O) groups excluding carboxylic acids is 1. The van der Waals surface area contributed by atoms with Crippen molar-refractivity contribution in [2.45, 2.75) is 24.8 Å². The zero-order valence-corrected chi connectivity index (χ0v) is 21.6. The Morgan fingerprint density at radius 1 is 0.857 bits per heavy atom. The van der Waals surface area contributed by atoms with Crippen molar-refractivity contribution in [3.05, 3.63) is 81.3 Å². The molecule has 1 unspecified atom stereocenters. The number of carbonyl (C=O) groups is 2. The van der Waals surface area contributed by atoms with E-state index in [4.69, 9.17) is 34.8 Å². The average Bonchev–Trinajstić information content (AvgIpc) is 2.79. The average molecular weight is 556 g/mol. The minimum absolute atomic E-state index is 0.0531. The molecule has 1 atom stereocenters. The quantitative estimate of drug-likeness (QED) is 0.297. The van der Waals surface area contributed by atoms with E-state index in [2.05, 4.69) is 10.0 Å². The van der Waals surface area contributed by atoms with Crippen LogP contribution in [0.15, 0.2) is 65.6 Å². The molecule has 0 aliphatic heterocycles. The van der Waals surface area contributed by atoms with Gasteiger partial charge in [0.15, 0.2) is 0 Å². The highest BCUT2D eigenvalue weighted by molar-refractivity contribution is 7.92. The van der Waals surface area contributed by atoms with Gasteiger partial charge in [-0.15, -0.1) is 0 Å². The Bertz CT molecular complexity index is 1380. The Morgan fingerprint density at radius 2 is 1.49 bits per heavy atom. The van der Waals surface area contributed by atoms with Crippen LogP contribution in [0.2, 0.25) is 15.1 Å². The van der Waals surface area contributed by atoms with Gasteiger partial charge in [-0.2, -0.15) is 0 Å². The lowest BCUT2D eigenvalue weighted by atomic mass is 10.0. The maximum Gasteiger partial charge on any atom is 0.326 e. The molecule has 7 nitrogen and oxygen atoms in total. The summed E-state index contributed by atoms with van der Waals surface area (Å²) < 4.78 is 28.2. The molecule has 1 amide bonds. The SMILES string of the molecule is CC(C)C(NC(=O)c1ccc(-c2cccc(NS(=O)(=O)c3cc(Cl)c(Cl)cc3Cl)c2)cc1)C(=O)O. The second-order valence-electron chi connectivity index (χ2n) is 7.99. The molecule has 0 aliphatic carbocycles. The maximum atomic E-state index is 12.9. The summed E-state index contributed by atoms with van der Waals surface area (Å²) in [7, 11) is -4.05. The lowest BCUT2D eigenvalue weighted by Crippen LogP contribution is -2.44. The van der Waals surface area contributed by atoms with E-state index in [0.717, 1.165) is 0 Å². The summed E-state index contributed by atoms with van der Waals surface area (Å²) in [6.45, 7) is 3.41. The number of sulfonamides is 1. The highest BCUT2D eigenvalue weighted by Gasteiger charge is 2.24. The van der Waals surface area contributed by atoms with Crippen LogP contribution in [0, 0.1) is 5.92 Å². The second-order valence-corrected chi connectivity index (χ2v) is 10.9. The zero-order chi connectivity index (χ0) is 25.9.